The van der Waals surface area contributed by atoms with Gasteiger partial charge in [-0.1, -0.05) is 24.3 Å². The lowest BCUT2D eigenvalue weighted by atomic mass is 10.0. The number of carboxylic acids is 1. The van der Waals surface area contributed by atoms with Crippen LogP contribution in [0.1, 0.15) is 11.1 Å². The lowest BCUT2D eigenvalue weighted by Crippen LogP contribution is -1.99. The Morgan fingerprint density at radius 1 is 1.10 bits per heavy atom. The molecular weight excluding hydrogens is 277 g/mol. The van der Waals surface area contributed by atoms with Crippen molar-refractivity contribution < 1.29 is 14.3 Å². The van der Waals surface area contributed by atoms with Gasteiger partial charge in [0.25, 0.3) is 0 Å². The third-order valence-electron chi connectivity index (χ3n) is 2.71. The number of halogens is 1. The summed E-state index contributed by atoms with van der Waals surface area (Å²) in [6, 6.07) is 12.5. The highest BCUT2D eigenvalue weighted by atomic mass is 32.2. The number of rotatable bonds is 4. The molecule has 0 aliphatic carbocycles. The maximum Gasteiger partial charge on any atom is 0.336 e. The van der Waals surface area contributed by atoms with E-state index < -0.39 is 11.8 Å². The van der Waals surface area contributed by atoms with Crippen LogP contribution in [0.25, 0.3) is 11.6 Å². The molecule has 0 spiro atoms. The van der Waals surface area contributed by atoms with Gasteiger partial charge in [-0.25, -0.2) is 9.18 Å². The minimum Gasteiger partial charge on any atom is -0.478 e. The monoisotopic (exact) mass is 289 g/mol. The molecular formula is C15H12FNO2S. The first-order valence-electron chi connectivity index (χ1n) is 5.78. The summed E-state index contributed by atoms with van der Waals surface area (Å²) in [6.45, 7) is 0. The molecule has 2 aromatic carbocycles. The van der Waals surface area contributed by atoms with Crippen molar-refractivity contribution >= 4 is 29.6 Å². The Bertz CT molecular complexity index is 636. The zero-order valence-corrected chi connectivity index (χ0v) is 11.2. The van der Waals surface area contributed by atoms with E-state index in [1.165, 1.54) is 24.3 Å². The molecule has 0 amide bonds. The molecule has 0 radical (unpaired) electrons. The summed E-state index contributed by atoms with van der Waals surface area (Å²) in [5.74, 6) is -1.46. The maximum absolute atomic E-state index is 12.9. The van der Waals surface area contributed by atoms with E-state index in [1.807, 2.05) is 0 Å². The second-order valence-electron chi connectivity index (χ2n) is 4.06. The molecule has 0 atom stereocenters. The van der Waals surface area contributed by atoms with Crippen LogP contribution in [0.4, 0.5) is 4.39 Å². The maximum atomic E-state index is 12.9. The summed E-state index contributed by atoms with van der Waals surface area (Å²) in [5.41, 5.74) is 1.30. The summed E-state index contributed by atoms with van der Waals surface area (Å²) in [4.78, 5) is 12.2. The van der Waals surface area contributed by atoms with Crippen molar-refractivity contribution in [3.63, 3.8) is 0 Å². The largest absolute Gasteiger partial charge is 0.478 e. The Hall–Kier alpha value is -2.11. The van der Waals surface area contributed by atoms with E-state index in [0.29, 0.717) is 5.56 Å². The SMILES string of the molecule is NSc1ccc(/C=C(/C(=O)O)c2ccc(F)cc2)cc1. The van der Waals surface area contributed by atoms with Crippen LogP contribution < -0.4 is 5.14 Å². The predicted octanol–water partition coefficient (Wildman–Crippen LogP) is 3.42. The third-order valence-corrected chi connectivity index (χ3v) is 3.26. The van der Waals surface area contributed by atoms with Crippen molar-refractivity contribution in [2.45, 2.75) is 4.90 Å². The zero-order valence-electron chi connectivity index (χ0n) is 10.4. The number of benzene rings is 2. The van der Waals surface area contributed by atoms with E-state index in [4.69, 9.17) is 5.14 Å². The lowest BCUT2D eigenvalue weighted by molar-refractivity contribution is -0.130. The fourth-order valence-corrected chi connectivity index (χ4v) is 2.00. The van der Waals surface area contributed by atoms with Gasteiger partial charge in [0.05, 0.1) is 5.57 Å². The normalized spacial score (nSPS) is 11.4. The quantitative estimate of drug-likeness (QED) is 0.514. The molecule has 20 heavy (non-hydrogen) atoms. The average molecular weight is 289 g/mol. The number of carboxylic acid groups (broad SMARTS) is 1. The van der Waals surface area contributed by atoms with Crippen molar-refractivity contribution in [2.75, 3.05) is 0 Å². The molecule has 102 valence electrons. The molecule has 3 nitrogen and oxygen atoms in total. The summed E-state index contributed by atoms with van der Waals surface area (Å²) >= 11 is 1.12. The van der Waals surface area contributed by atoms with Crippen LogP contribution in [-0.4, -0.2) is 11.1 Å². The Balaban J connectivity index is 2.39. The first kappa shape index (κ1) is 14.3. The van der Waals surface area contributed by atoms with Crippen LogP contribution in [-0.2, 0) is 4.79 Å². The Morgan fingerprint density at radius 3 is 2.20 bits per heavy atom. The highest BCUT2D eigenvalue weighted by molar-refractivity contribution is 7.97. The van der Waals surface area contributed by atoms with Crippen molar-refractivity contribution in [3.05, 3.63) is 65.5 Å². The second-order valence-corrected chi connectivity index (χ2v) is 4.76. The number of nitrogens with two attached hydrogens (primary N) is 1. The molecule has 2 aromatic rings. The van der Waals surface area contributed by atoms with Crippen molar-refractivity contribution in [1.29, 1.82) is 0 Å². The predicted molar refractivity (Wildman–Crippen MR) is 78.4 cm³/mol. The van der Waals surface area contributed by atoms with Crippen molar-refractivity contribution in [2.24, 2.45) is 5.14 Å². The average Bonchev–Trinajstić information content (AvgIpc) is 2.46. The first-order valence-corrected chi connectivity index (χ1v) is 6.66. The molecule has 3 N–H and O–H groups in total. The molecule has 5 heteroatoms. The van der Waals surface area contributed by atoms with Gasteiger partial charge in [0.15, 0.2) is 0 Å². The summed E-state index contributed by atoms with van der Waals surface area (Å²) < 4.78 is 12.9. The van der Waals surface area contributed by atoms with Crippen molar-refractivity contribution in [3.8, 4) is 0 Å². The molecule has 0 bridgehead atoms. The van der Waals surface area contributed by atoms with Gasteiger partial charge in [0.2, 0.25) is 0 Å². The highest BCUT2D eigenvalue weighted by Crippen LogP contribution is 2.20. The Kier molecular flexibility index (Phi) is 4.55. The first-order chi connectivity index (χ1) is 9.60. The smallest absolute Gasteiger partial charge is 0.336 e. The molecule has 0 heterocycles. The van der Waals surface area contributed by atoms with Crippen LogP contribution in [0.2, 0.25) is 0 Å². The van der Waals surface area contributed by atoms with E-state index >= 15 is 0 Å². The van der Waals surface area contributed by atoms with Crippen LogP contribution >= 0.6 is 11.9 Å². The van der Waals surface area contributed by atoms with Crippen molar-refractivity contribution in [1.82, 2.24) is 0 Å². The van der Waals surface area contributed by atoms with Gasteiger partial charge >= 0.3 is 5.97 Å². The van der Waals surface area contributed by atoms with Gasteiger partial charge in [0, 0.05) is 4.90 Å². The van der Waals surface area contributed by atoms with Gasteiger partial charge < -0.3 is 5.11 Å². The van der Waals surface area contributed by atoms with Gasteiger partial charge in [-0.2, -0.15) is 0 Å². The minimum absolute atomic E-state index is 0.109. The molecule has 0 unspecified atom stereocenters. The van der Waals surface area contributed by atoms with Crippen LogP contribution in [0.3, 0.4) is 0 Å². The van der Waals surface area contributed by atoms with Gasteiger partial charge in [0.1, 0.15) is 5.82 Å². The standard InChI is InChI=1S/C15H12FNO2S/c16-12-5-3-11(4-6-12)14(15(18)19)9-10-1-7-13(20-17)8-2-10/h1-9H,17H2,(H,18,19)/b14-9+. The van der Waals surface area contributed by atoms with Gasteiger partial charge in [-0.15, -0.1) is 0 Å². The van der Waals surface area contributed by atoms with Gasteiger partial charge in [-0.05, 0) is 53.4 Å². The molecule has 0 aliphatic heterocycles. The molecule has 0 saturated heterocycles. The lowest BCUT2D eigenvalue weighted by Gasteiger charge is -2.04. The third kappa shape index (κ3) is 3.46. The number of aliphatic carboxylic acids is 1. The zero-order chi connectivity index (χ0) is 14.5. The second kappa shape index (κ2) is 6.36. The number of hydrogen-bond acceptors (Lipinski definition) is 3. The van der Waals surface area contributed by atoms with E-state index in [1.54, 1.807) is 30.3 Å². The summed E-state index contributed by atoms with van der Waals surface area (Å²) in [7, 11) is 0. The fraction of sp³-hybridized carbons (Fsp3) is 0. The summed E-state index contributed by atoms with van der Waals surface area (Å²) in [5, 5.41) is 14.7. The van der Waals surface area contributed by atoms with E-state index in [-0.39, 0.29) is 5.57 Å². The molecule has 0 aromatic heterocycles. The molecule has 0 saturated carbocycles. The molecule has 0 aliphatic rings. The minimum atomic E-state index is -1.06. The molecule has 2 rings (SSSR count). The topological polar surface area (TPSA) is 63.3 Å². The molecule has 0 fully saturated rings. The summed E-state index contributed by atoms with van der Waals surface area (Å²) in [6.07, 6.45) is 1.54. The number of hydrogen-bond donors (Lipinski definition) is 2. The highest BCUT2D eigenvalue weighted by Gasteiger charge is 2.10. The van der Waals surface area contributed by atoms with Crippen LogP contribution in [0.15, 0.2) is 53.4 Å². The van der Waals surface area contributed by atoms with E-state index in [0.717, 1.165) is 22.4 Å². The van der Waals surface area contributed by atoms with Gasteiger partial charge in [-0.3, -0.25) is 5.14 Å². The van der Waals surface area contributed by atoms with E-state index in [9.17, 15) is 14.3 Å². The number of carbonyl (C=O) groups is 1. The van der Waals surface area contributed by atoms with E-state index in [2.05, 4.69) is 0 Å². The Morgan fingerprint density at radius 2 is 1.70 bits per heavy atom. The fourth-order valence-electron chi connectivity index (χ4n) is 1.71. The van der Waals surface area contributed by atoms with Crippen LogP contribution in [0.5, 0.6) is 0 Å². The van der Waals surface area contributed by atoms with Crippen LogP contribution in [0, 0.1) is 5.82 Å². The Labute approximate surface area is 120 Å².